The van der Waals surface area contributed by atoms with Gasteiger partial charge in [0.25, 0.3) is 0 Å². The van der Waals surface area contributed by atoms with Crippen LogP contribution < -0.4 is 21.7 Å². The summed E-state index contributed by atoms with van der Waals surface area (Å²) in [5.74, 6) is 1.98. The molecule has 1 aromatic carbocycles. The standard InChI is InChI=1S/C21H26N8/c1-13-4-3-5-16(14(13)2)17-12-19(27-21(22)25-17)24-11-8-18-26-20(29-28-18)15-6-9-23-10-7-15/h3-7,9,12,19,23-24H,8,10-11H2,1-2H3,(H3,22,25,27)(H,26,28,29). The summed E-state index contributed by atoms with van der Waals surface area (Å²) in [5.41, 5.74) is 11.5. The van der Waals surface area contributed by atoms with Gasteiger partial charge in [-0.1, -0.05) is 24.3 Å². The number of aromatic nitrogens is 3. The molecule has 1 atom stereocenters. The third kappa shape index (κ3) is 4.38. The molecule has 0 bridgehead atoms. The van der Waals surface area contributed by atoms with Gasteiger partial charge in [0, 0.05) is 30.6 Å². The number of hydrogen-bond donors (Lipinski definition) is 5. The number of nitrogens with two attached hydrogens (primary N) is 1. The lowest BCUT2D eigenvalue weighted by Gasteiger charge is -2.23. The fourth-order valence-corrected chi connectivity index (χ4v) is 3.35. The molecular formula is C21H26N8. The Hall–Kier alpha value is -3.39. The molecule has 1 unspecified atom stereocenters. The lowest BCUT2D eigenvalue weighted by Crippen LogP contribution is -2.49. The summed E-state index contributed by atoms with van der Waals surface area (Å²) in [6, 6.07) is 6.22. The first-order chi connectivity index (χ1) is 14.1. The van der Waals surface area contributed by atoms with E-state index in [2.05, 4.69) is 74.3 Å². The van der Waals surface area contributed by atoms with Gasteiger partial charge >= 0.3 is 0 Å². The molecule has 1 aromatic heterocycles. The molecule has 8 heteroatoms. The average Bonchev–Trinajstić information content (AvgIpc) is 3.19. The fourth-order valence-electron chi connectivity index (χ4n) is 3.35. The van der Waals surface area contributed by atoms with Crippen molar-refractivity contribution in [3.05, 3.63) is 71.0 Å². The van der Waals surface area contributed by atoms with Crippen LogP contribution in [0, 0.1) is 13.8 Å². The van der Waals surface area contributed by atoms with Crippen LogP contribution >= 0.6 is 0 Å². The van der Waals surface area contributed by atoms with Crippen LogP contribution in [0.15, 0.2) is 47.6 Å². The molecule has 4 rings (SSSR count). The maximum atomic E-state index is 6.02. The monoisotopic (exact) mass is 390 g/mol. The number of nitrogens with one attached hydrogen (secondary N) is 4. The summed E-state index contributed by atoms with van der Waals surface area (Å²) >= 11 is 0. The summed E-state index contributed by atoms with van der Waals surface area (Å²) in [7, 11) is 0. The van der Waals surface area contributed by atoms with Crippen LogP contribution in [0.25, 0.3) is 11.3 Å². The van der Waals surface area contributed by atoms with Crippen LogP contribution in [0.5, 0.6) is 0 Å². The molecule has 0 spiro atoms. The van der Waals surface area contributed by atoms with Crippen molar-refractivity contribution in [3.63, 3.8) is 0 Å². The third-order valence-corrected chi connectivity index (χ3v) is 5.09. The summed E-state index contributed by atoms with van der Waals surface area (Å²) in [6.45, 7) is 5.71. The van der Waals surface area contributed by atoms with Gasteiger partial charge in [-0.2, -0.15) is 5.10 Å². The Balaban J connectivity index is 1.39. The van der Waals surface area contributed by atoms with E-state index in [4.69, 9.17) is 5.73 Å². The van der Waals surface area contributed by atoms with Crippen molar-refractivity contribution < 1.29 is 0 Å². The van der Waals surface area contributed by atoms with Crippen LogP contribution in [-0.2, 0) is 6.42 Å². The van der Waals surface area contributed by atoms with E-state index in [0.29, 0.717) is 18.9 Å². The highest BCUT2D eigenvalue weighted by atomic mass is 15.2. The van der Waals surface area contributed by atoms with Crippen molar-refractivity contribution in [3.8, 4) is 0 Å². The van der Waals surface area contributed by atoms with Gasteiger partial charge in [0.2, 0.25) is 0 Å². The predicted octanol–water partition coefficient (Wildman–Crippen LogP) is 1.34. The largest absolute Gasteiger partial charge is 0.387 e. The first kappa shape index (κ1) is 18.9. The quantitative estimate of drug-likeness (QED) is 0.508. The van der Waals surface area contributed by atoms with Gasteiger partial charge in [-0.15, -0.1) is 0 Å². The number of rotatable bonds is 6. The topological polar surface area (TPSA) is 116 Å². The van der Waals surface area contributed by atoms with Crippen LogP contribution in [0.1, 0.15) is 28.3 Å². The first-order valence-corrected chi connectivity index (χ1v) is 9.74. The second-order valence-corrected chi connectivity index (χ2v) is 7.12. The number of H-pyrrole nitrogens is 1. The Morgan fingerprint density at radius 3 is 3.00 bits per heavy atom. The van der Waals surface area contributed by atoms with Crippen LogP contribution in [0.4, 0.5) is 0 Å². The minimum absolute atomic E-state index is 0.101. The van der Waals surface area contributed by atoms with Gasteiger partial charge in [0.15, 0.2) is 17.6 Å². The first-order valence-electron chi connectivity index (χ1n) is 9.74. The van der Waals surface area contributed by atoms with E-state index in [1.165, 1.54) is 11.1 Å². The Morgan fingerprint density at radius 1 is 1.28 bits per heavy atom. The smallest absolute Gasteiger partial charge is 0.195 e. The molecule has 29 heavy (non-hydrogen) atoms. The normalized spacial score (nSPS) is 18.4. The number of aryl methyl sites for hydroxylation is 1. The van der Waals surface area contributed by atoms with Crippen molar-refractivity contribution in [1.82, 2.24) is 31.1 Å². The van der Waals surface area contributed by atoms with E-state index in [0.717, 1.165) is 35.0 Å². The summed E-state index contributed by atoms with van der Waals surface area (Å²) < 4.78 is 0. The Kier molecular flexibility index (Phi) is 5.44. The van der Waals surface area contributed by atoms with Crippen LogP contribution in [-0.4, -0.2) is 40.4 Å². The number of hydrogen-bond acceptors (Lipinski definition) is 7. The summed E-state index contributed by atoms with van der Waals surface area (Å²) in [5, 5.41) is 17.1. The van der Waals surface area contributed by atoms with E-state index >= 15 is 0 Å². The maximum Gasteiger partial charge on any atom is 0.195 e. The molecular weight excluding hydrogens is 364 g/mol. The lowest BCUT2D eigenvalue weighted by atomic mass is 10.00. The van der Waals surface area contributed by atoms with Gasteiger partial charge in [0.1, 0.15) is 6.17 Å². The highest BCUT2D eigenvalue weighted by Crippen LogP contribution is 2.24. The molecule has 0 saturated carbocycles. The molecule has 0 amide bonds. The highest BCUT2D eigenvalue weighted by Gasteiger charge is 2.16. The molecule has 6 N–H and O–H groups in total. The van der Waals surface area contributed by atoms with Crippen molar-refractivity contribution in [2.75, 3.05) is 13.1 Å². The lowest BCUT2D eigenvalue weighted by molar-refractivity contribution is 0.557. The van der Waals surface area contributed by atoms with Crippen molar-refractivity contribution >= 4 is 17.2 Å². The van der Waals surface area contributed by atoms with E-state index in [-0.39, 0.29) is 6.17 Å². The molecule has 2 aliphatic rings. The molecule has 0 saturated heterocycles. The molecule has 2 aliphatic heterocycles. The molecule has 150 valence electrons. The number of nitrogens with zero attached hydrogens (tertiary/aromatic N) is 3. The number of allylic oxidation sites excluding steroid dienone is 2. The molecule has 3 heterocycles. The summed E-state index contributed by atoms with van der Waals surface area (Å²) in [6.07, 6.45) is 8.64. The minimum atomic E-state index is -0.101. The molecule has 2 aromatic rings. The van der Waals surface area contributed by atoms with Crippen molar-refractivity contribution in [2.24, 2.45) is 10.7 Å². The molecule has 0 radical (unpaired) electrons. The zero-order valence-corrected chi connectivity index (χ0v) is 16.7. The van der Waals surface area contributed by atoms with Gasteiger partial charge in [-0.25, -0.2) is 9.98 Å². The summed E-state index contributed by atoms with van der Waals surface area (Å²) in [4.78, 5) is 9.06. The minimum Gasteiger partial charge on any atom is -0.387 e. The van der Waals surface area contributed by atoms with Gasteiger partial charge in [-0.3, -0.25) is 10.4 Å². The fraction of sp³-hybridized carbons (Fsp3) is 0.286. The number of guanidine groups is 1. The number of aliphatic imine (C=N–C) groups is 1. The van der Waals surface area contributed by atoms with Crippen molar-refractivity contribution in [2.45, 2.75) is 26.4 Å². The number of benzene rings is 1. The van der Waals surface area contributed by atoms with E-state index in [9.17, 15) is 0 Å². The SMILES string of the molecule is Cc1cccc(C2=CC(NCCc3n[nH]c(C4=CCNC=C4)n3)NC(N)=N2)c1C. The van der Waals surface area contributed by atoms with E-state index < -0.39 is 0 Å². The van der Waals surface area contributed by atoms with E-state index in [1.54, 1.807) is 0 Å². The third-order valence-electron chi connectivity index (χ3n) is 5.09. The van der Waals surface area contributed by atoms with Crippen LogP contribution in [0.3, 0.4) is 0 Å². The van der Waals surface area contributed by atoms with Gasteiger partial charge < -0.3 is 16.4 Å². The molecule has 8 nitrogen and oxygen atoms in total. The molecule has 0 aliphatic carbocycles. The second kappa shape index (κ2) is 8.32. The van der Waals surface area contributed by atoms with Crippen LogP contribution in [0.2, 0.25) is 0 Å². The maximum absolute atomic E-state index is 6.02. The van der Waals surface area contributed by atoms with Crippen molar-refractivity contribution in [1.29, 1.82) is 0 Å². The second-order valence-electron chi connectivity index (χ2n) is 7.12. The highest BCUT2D eigenvalue weighted by molar-refractivity contribution is 5.88. The zero-order chi connectivity index (χ0) is 20.2. The predicted molar refractivity (Wildman–Crippen MR) is 116 cm³/mol. The Bertz CT molecular complexity index is 1010. The Labute approximate surface area is 170 Å². The zero-order valence-electron chi connectivity index (χ0n) is 16.7. The van der Waals surface area contributed by atoms with Gasteiger partial charge in [-0.05, 0) is 43.3 Å². The van der Waals surface area contributed by atoms with E-state index in [1.807, 2.05) is 18.3 Å². The van der Waals surface area contributed by atoms with Gasteiger partial charge in [0.05, 0.1) is 5.70 Å². The number of aromatic amines is 1. The average molecular weight is 390 g/mol. The Morgan fingerprint density at radius 2 is 2.17 bits per heavy atom. The number of dihydropyridines is 1. The molecule has 0 fully saturated rings.